The van der Waals surface area contributed by atoms with Crippen LogP contribution in [0.2, 0.25) is 0 Å². The third kappa shape index (κ3) is 3.71. The van der Waals surface area contributed by atoms with Crippen molar-refractivity contribution in [1.82, 2.24) is 10.2 Å². The quantitative estimate of drug-likeness (QED) is 0.903. The Morgan fingerprint density at radius 1 is 1.21 bits per heavy atom. The van der Waals surface area contributed by atoms with Crippen molar-refractivity contribution in [2.24, 2.45) is 0 Å². The molecule has 0 bridgehead atoms. The fourth-order valence-corrected chi connectivity index (χ4v) is 2.07. The van der Waals surface area contributed by atoms with E-state index in [0.29, 0.717) is 5.75 Å². The van der Waals surface area contributed by atoms with Crippen LogP contribution >= 0.6 is 0 Å². The van der Waals surface area contributed by atoms with Crippen LogP contribution in [0.3, 0.4) is 0 Å². The molecule has 0 unspecified atom stereocenters. The lowest BCUT2D eigenvalue weighted by molar-refractivity contribution is -0.131. The zero-order valence-corrected chi connectivity index (χ0v) is 11.0. The Labute approximate surface area is 112 Å². The molecule has 1 saturated heterocycles. The van der Waals surface area contributed by atoms with Gasteiger partial charge in [-0.15, -0.1) is 0 Å². The van der Waals surface area contributed by atoms with Gasteiger partial charge in [0.1, 0.15) is 11.8 Å². The van der Waals surface area contributed by atoms with E-state index in [2.05, 4.69) is 5.32 Å². The van der Waals surface area contributed by atoms with Crippen molar-refractivity contribution in [3.05, 3.63) is 30.3 Å². The lowest BCUT2D eigenvalue weighted by atomic mass is 10.3. The van der Waals surface area contributed by atoms with Crippen molar-refractivity contribution in [2.75, 3.05) is 13.1 Å². The number of para-hydroxylation sites is 1. The van der Waals surface area contributed by atoms with Crippen LogP contribution in [0.5, 0.6) is 5.75 Å². The summed E-state index contributed by atoms with van der Waals surface area (Å²) in [6, 6.07) is 8.21. The first-order chi connectivity index (χ1) is 9.16. The molecule has 1 aromatic carbocycles. The van der Waals surface area contributed by atoms with Crippen molar-refractivity contribution in [3.63, 3.8) is 0 Å². The standard InChI is InChI=1S/C14H18N2O3/c1-11(13(17)16-9-5-6-10-16)15-14(18)19-12-7-3-2-4-8-12/h2-4,7-8,11H,5-6,9-10H2,1H3,(H,15,18)/t11-/m0/s1. The van der Waals surface area contributed by atoms with Gasteiger partial charge in [0.05, 0.1) is 0 Å². The van der Waals surface area contributed by atoms with Crippen LogP contribution in [0, 0.1) is 0 Å². The Kier molecular flexibility index (Phi) is 4.39. The summed E-state index contributed by atoms with van der Waals surface area (Å²) in [4.78, 5) is 25.4. The zero-order valence-electron chi connectivity index (χ0n) is 11.0. The summed E-state index contributed by atoms with van der Waals surface area (Å²) in [5.41, 5.74) is 0. The van der Waals surface area contributed by atoms with Gasteiger partial charge >= 0.3 is 6.09 Å². The Balaban J connectivity index is 1.83. The molecule has 0 spiro atoms. The Hall–Kier alpha value is -2.04. The molecule has 1 heterocycles. The molecule has 5 heteroatoms. The highest BCUT2D eigenvalue weighted by atomic mass is 16.6. The smallest absolute Gasteiger partial charge is 0.410 e. The number of rotatable bonds is 3. The minimum atomic E-state index is -0.605. The Bertz CT molecular complexity index is 441. The first kappa shape index (κ1) is 13.4. The van der Waals surface area contributed by atoms with Gasteiger partial charge in [0.15, 0.2) is 0 Å². The van der Waals surface area contributed by atoms with Crippen LogP contribution in [-0.2, 0) is 4.79 Å². The van der Waals surface area contributed by atoms with Gasteiger partial charge in [-0.2, -0.15) is 0 Å². The molecular weight excluding hydrogens is 244 g/mol. The molecule has 1 atom stereocenters. The monoisotopic (exact) mass is 262 g/mol. The molecule has 1 aromatic rings. The van der Waals surface area contributed by atoms with Crippen LogP contribution in [0.1, 0.15) is 19.8 Å². The van der Waals surface area contributed by atoms with Crippen molar-refractivity contribution in [2.45, 2.75) is 25.8 Å². The maximum absolute atomic E-state index is 12.0. The van der Waals surface area contributed by atoms with E-state index >= 15 is 0 Å². The number of ether oxygens (including phenoxy) is 1. The number of carbonyl (C=O) groups is 2. The van der Waals surface area contributed by atoms with Gasteiger partial charge < -0.3 is 15.0 Å². The van der Waals surface area contributed by atoms with E-state index in [1.807, 2.05) is 6.07 Å². The molecule has 5 nitrogen and oxygen atoms in total. The highest BCUT2D eigenvalue weighted by molar-refractivity contribution is 5.85. The van der Waals surface area contributed by atoms with Gasteiger partial charge in [-0.05, 0) is 31.9 Å². The average molecular weight is 262 g/mol. The van der Waals surface area contributed by atoms with E-state index in [4.69, 9.17) is 4.74 Å². The minimum absolute atomic E-state index is 0.0532. The van der Waals surface area contributed by atoms with Crippen molar-refractivity contribution in [1.29, 1.82) is 0 Å². The van der Waals surface area contributed by atoms with E-state index < -0.39 is 12.1 Å². The summed E-state index contributed by atoms with van der Waals surface area (Å²) < 4.78 is 5.08. The number of carbonyl (C=O) groups excluding carboxylic acids is 2. The predicted octanol–water partition coefficient (Wildman–Crippen LogP) is 1.79. The molecule has 1 aliphatic heterocycles. The van der Waals surface area contributed by atoms with Crippen molar-refractivity contribution >= 4 is 12.0 Å². The summed E-state index contributed by atoms with van der Waals surface area (Å²) in [5.74, 6) is 0.406. The fraction of sp³-hybridized carbons (Fsp3) is 0.429. The lowest BCUT2D eigenvalue weighted by Gasteiger charge is -2.20. The topological polar surface area (TPSA) is 58.6 Å². The lowest BCUT2D eigenvalue weighted by Crippen LogP contribution is -2.46. The molecule has 1 aliphatic rings. The van der Waals surface area contributed by atoms with Gasteiger partial charge in [-0.1, -0.05) is 18.2 Å². The van der Waals surface area contributed by atoms with Crippen LogP contribution in [0.4, 0.5) is 4.79 Å². The number of nitrogens with zero attached hydrogens (tertiary/aromatic N) is 1. The van der Waals surface area contributed by atoms with Gasteiger partial charge in [0, 0.05) is 13.1 Å². The predicted molar refractivity (Wildman–Crippen MR) is 70.9 cm³/mol. The number of hydrogen-bond acceptors (Lipinski definition) is 3. The molecule has 19 heavy (non-hydrogen) atoms. The van der Waals surface area contributed by atoms with Crippen LogP contribution in [0.25, 0.3) is 0 Å². The van der Waals surface area contributed by atoms with E-state index in [9.17, 15) is 9.59 Å². The summed E-state index contributed by atoms with van der Waals surface area (Å²) >= 11 is 0. The summed E-state index contributed by atoms with van der Waals surface area (Å²) in [7, 11) is 0. The second kappa shape index (κ2) is 6.22. The second-order valence-corrected chi connectivity index (χ2v) is 4.60. The molecule has 2 rings (SSSR count). The van der Waals surface area contributed by atoms with Crippen LogP contribution in [0.15, 0.2) is 30.3 Å². The van der Waals surface area contributed by atoms with Crippen LogP contribution < -0.4 is 10.1 Å². The minimum Gasteiger partial charge on any atom is -0.410 e. The van der Waals surface area contributed by atoms with Crippen LogP contribution in [-0.4, -0.2) is 36.0 Å². The van der Waals surface area contributed by atoms with E-state index in [0.717, 1.165) is 25.9 Å². The maximum Gasteiger partial charge on any atom is 0.413 e. The van der Waals surface area contributed by atoms with Gasteiger partial charge in [0.2, 0.25) is 5.91 Å². The Morgan fingerprint density at radius 2 is 1.84 bits per heavy atom. The molecule has 2 amide bonds. The molecular formula is C14H18N2O3. The number of hydrogen-bond donors (Lipinski definition) is 1. The normalized spacial score (nSPS) is 15.9. The third-order valence-electron chi connectivity index (χ3n) is 3.08. The average Bonchev–Trinajstić information content (AvgIpc) is 2.92. The number of amides is 2. The number of likely N-dealkylation sites (tertiary alicyclic amines) is 1. The highest BCUT2D eigenvalue weighted by Crippen LogP contribution is 2.10. The largest absolute Gasteiger partial charge is 0.413 e. The van der Waals surface area contributed by atoms with Crippen molar-refractivity contribution < 1.29 is 14.3 Å². The van der Waals surface area contributed by atoms with Crippen molar-refractivity contribution in [3.8, 4) is 5.75 Å². The molecule has 0 aliphatic carbocycles. The molecule has 0 radical (unpaired) electrons. The molecule has 0 aromatic heterocycles. The summed E-state index contributed by atoms with van der Waals surface area (Å²) in [6.45, 7) is 3.23. The Morgan fingerprint density at radius 3 is 2.47 bits per heavy atom. The SMILES string of the molecule is C[C@H](NC(=O)Oc1ccccc1)C(=O)N1CCCC1. The zero-order chi connectivity index (χ0) is 13.7. The second-order valence-electron chi connectivity index (χ2n) is 4.60. The highest BCUT2D eigenvalue weighted by Gasteiger charge is 2.24. The van der Waals surface area contributed by atoms with Gasteiger partial charge in [-0.3, -0.25) is 4.79 Å². The van der Waals surface area contributed by atoms with Gasteiger partial charge in [-0.25, -0.2) is 4.79 Å². The molecule has 1 N–H and O–H groups in total. The fourth-order valence-electron chi connectivity index (χ4n) is 2.07. The number of benzene rings is 1. The molecule has 1 fully saturated rings. The van der Waals surface area contributed by atoms with E-state index in [1.54, 1.807) is 36.1 Å². The molecule has 102 valence electrons. The number of nitrogens with one attached hydrogen (secondary N) is 1. The maximum atomic E-state index is 12.0. The molecule has 0 saturated carbocycles. The first-order valence-corrected chi connectivity index (χ1v) is 6.49. The summed E-state index contributed by atoms with van der Waals surface area (Å²) in [6.07, 6.45) is 1.46. The van der Waals surface area contributed by atoms with E-state index in [-0.39, 0.29) is 5.91 Å². The first-order valence-electron chi connectivity index (χ1n) is 6.49. The van der Waals surface area contributed by atoms with E-state index in [1.165, 1.54) is 0 Å². The summed E-state index contributed by atoms with van der Waals surface area (Å²) in [5, 5.41) is 2.55. The third-order valence-corrected chi connectivity index (χ3v) is 3.08. The van der Waals surface area contributed by atoms with Gasteiger partial charge in [0.25, 0.3) is 0 Å².